The monoisotopic (exact) mass is 314 g/mol. The number of amides is 1. The maximum Gasteiger partial charge on any atom is 0.270 e. The molecule has 1 heterocycles. The van der Waals surface area contributed by atoms with E-state index < -0.39 is 0 Å². The number of nitrogens with one attached hydrogen (secondary N) is 2. The third-order valence-electron chi connectivity index (χ3n) is 2.82. The van der Waals surface area contributed by atoms with Crippen molar-refractivity contribution in [1.82, 2.24) is 15.3 Å². The first-order valence-corrected chi connectivity index (χ1v) is 7.60. The van der Waals surface area contributed by atoms with Gasteiger partial charge in [0.15, 0.2) is 0 Å². The van der Waals surface area contributed by atoms with Gasteiger partial charge in [-0.15, -0.1) is 0 Å². The van der Waals surface area contributed by atoms with E-state index in [1.807, 2.05) is 52.0 Å². The minimum atomic E-state index is -0.217. The second-order valence-electron chi connectivity index (χ2n) is 5.73. The lowest BCUT2D eigenvalue weighted by Gasteiger charge is -2.11. The van der Waals surface area contributed by atoms with Crippen LogP contribution in [0.1, 0.15) is 38.2 Å². The van der Waals surface area contributed by atoms with Crippen LogP contribution < -0.4 is 15.4 Å². The fourth-order valence-electron chi connectivity index (χ4n) is 1.92. The van der Waals surface area contributed by atoms with Crippen molar-refractivity contribution in [2.75, 3.05) is 5.32 Å². The van der Waals surface area contributed by atoms with Crippen LogP contribution in [0.5, 0.6) is 5.75 Å². The molecule has 0 aliphatic carbocycles. The average Bonchev–Trinajstić information content (AvgIpc) is 2.48. The van der Waals surface area contributed by atoms with Gasteiger partial charge in [0.2, 0.25) is 0 Å². The lowest BCUT2D eigenvalue weighted by Crippen LogP contribution is -2.30. The zero-order valence-electron chi connectivity index (χ0n) is 13.8. The number of anilines is 2. The van der Waals surface area contributed by atoms with E-state index >= 15 is 0 Å². The number of carbonyl (C=O) groups excluding carboxylic acids is 1. The van der Waals surface area contributed by atoms with Crippen LogP contribution in [0.25, 0.3) is 0 Å². The van der Waals surface area contributed by atoms with E-state index in [-0.39, 0.29) is 18.1 Å². The van der Waals surface area contributed by atoms with Crippen LogP contribution in [0.3, 0.4) is 0 Å². The molecule has 0 unspecified atom stereocenters. The summed E-state index contributed by atoms with van der Waals surface area (Å²) in [4.78, 5) is 20.1. The van der Waals surface area contributed by atoms with E-state index in [9.17, 15) is 4.79 Å². The van der Waals surface area contributed by atoms with Gasteiger partial charge >= 0.3 is 0 Å². The second kappa shape index (κ2) is 7.58. The molecular weight excluding hydrogens is 292 g/mol. The summed E-state index contributed by atoms with van der Waals surface area (Å²) in [5.41, 5.74) is 1.19. The predicted molar refractivity (Wildman–Crippen MR) is 90.1 cm³/mol. The molecule has 0 saturated heterocycles. The van der Waals surface area contributed by atoms with Gasteiger partial charge in [0, 0.05) is 17.8 Å². The van der Waals surface area contributed by atoms with Gasteiger partial charge in [0.1, 0.15) is 23.6 Å². The highest BCUT2D eigenvalue weighted by atomic mass is 16.5. The third kappa shape index (κ3) is 5.25. The average molecular weight is 314 g/mol. The van der Waals surface area contributed by atoms with Crippen molar-refractivity contribution in [1.29, 1.82) is 0 Å². The molecule has 0 aliphatic heterocycles. The molecule has 0 bridgehead atoms. The molecule has 2 N–H and O–H groups in total. The molecular formula is C17H22N4O2. The highest BCUT2D eigenvalue weighted by Gasteiger charge is 2.10. The lowest BCUT2D eigenvalue weighted by atomic mass is 10.3. The van der Waals surface area contributed by atoms with E-state index in [0.29, 0.717) is 11.5 Å². The summed E-state index contributed by atoms with van der Waals surface area (Å²) >= 11 is 0. The van der Waals surface area contributed by atoms with Crippen molar-refractivity contribution < 1.29 is 9.53 Å². The van der Waals surface area contributed by atoms with Crippen LogP contribution in [0.4, 0.5) is 11.5 Å². The maximum absolute atomic E-state index is 12.0. The molecule has 0 radical (unpaired) electrons. The Hall–Kier alpha value is -2.63. The normalized spacial score (nSPS) is 10.7. The summed E-state index contributed by atoms with van der Waals surface area (Å²) in [6.07, 6.45) is 1.51. The summed E-state index contributed by atoms with van der Waals surface area (Å²) in [6.45, 7) is 7.77. The van der Waals surface area contributed by atoms with E-state index in [0.717, 1.165) is 11.4 Å². The molecule has 0 fully saturated rings. The van der Waals surface area contributed by atoms with E-state index in [4.69, 9.17) is 4.74 Å². The maximum atomic E-state index is 12.0. The lowest BCUT2D eigenvalue weighted by molar-refractivity contribution is 0.0938. The number of hydrogen-bond acceptors (Lipinski definition) is 5. The second-order valence-corrected chi connectivity index (χ2v) is 5.73. The number of aromatic nitrogens is 2. The van der Waals surface area contributed by atoms with Crippen LogP contribution in [-0.4, -0.2) is 28.0 Å². The van der Waals surface area contributed by atoms with Crippen LogP contribution in [-0.2, 0) is 0 Å². The molecule has 0 aliphatic rings. The summed E-state index contributed by atoms with van der Waals surface area (Å²) in [6, 6.07) is 9.24. The molecule has 1 aromatic heterocycles. The molecule has 122 valence electrons. The summed E-state index contributed by atoms with van der Waals surface area (Å²) in [5.74, 6) is 1.16. The minimum Gasteiger partial charge on any atom is -0.491 e. The molecule has 2 rings (SSSR count). The number of hydrogen-bond donors (Lipinski definition) is 2. The van der Waals surface area contributed by atoms with Crippen LogP contribution >= 0.6 is 0 Å². The van der Waals surface area contributed by atoms with Crippen molar-refractivity contribution in [2.24, 2.45) is 0 Å². The molecule has 6 nitrogen and oxygen atoms in total. The van der Waals surface area contributed by atoms with Crippen molar-refractivity contribution in [3.63, 3.8) is 0 Å². The molecule has 1 amide bonds. The van der Waals surface area contributed by atoms with Gasteiger partial charge in [-0.25, -0.2) is 9.97 Å². The molecule has 0 atom stereocenters. The van der Waals surface area contributed by atoms with Crippen LogP contribution in [0.2, 0.25) is 0 Å². The molecule has 23 heavy (non-hydrogen) atoms. The molecule has 6 heteroatoms. The molecule has 2 aromatic rings. The number of nitrogens with zero attached hydrogens (tertiary/aromatic N) is 2. The quantitative estimate of drug-likeness (QED) is 0.856. The predicted octanol–water partition coefficient (Wildman–Crippen LogP) is 3.15. The van der Waals surface area contributed by atoms with Gasteiger partial charge in [-0.2, -0.15) is 0 Å². The van der Waals surface area contributed by atoms with Crippen LogP contribution in [0, 0.1) is 0 Å². The first kappa shape index (κ1) is 16.7. The summed E-state index contributed by atoms with van der Waals surface area (Å²) in [7, 11) is 0. The van der Waals surface area contributed by atoms with Gasteiger partial charge in [-0.1, -0.05) is 0 Å². The Balaban J connectivity index is 2.06. The highest BCUT2D eigenvalue weighted by Crippen LogP contribution is 2.19. The Morgan fingerprint density at radius 3 is 2.39 bits per heavy atom. The smallest absolute Gasteiger partial charge is 0.270 e. The number of benzene rings is 1. The standard InChI is InChI=1S/C17H22N4O2/c1-11(2)20-17(22)15-9-16(19-10-18-15)21-13-5-7-14(8-6-13)23-12(3)4/h5-12H,1-4H3,(H,20,22)(H,18,19,21). The SMILES string of the molecule is CC(C)NC(=O)c1cc(Nc2ccc(OC(C)C)cc2)ncn1. The Kier molecular flexibility index (Phi) is 5.51. The van der Waals surface area contributed by atoms with Gasteiger partial charge < -0.3 is 15.4 Å². The van der Waals surface area contributed by atoms with E-state index in [1.54, 1.807) is 6.07 Å². The number of ether oxygens (including phenoxy) is 1. The fourth-order valence-corrected chi connectivity index (χ4v) is 1.92. The van der Waals surface area contributed by atoms with Gasteiger partial charge in [-0.05, 0) is 52.0 Å². The molecule has 1 aromatic carbocycles. The Labute approximate surface area is 136 Å². The van der Waals surface area contributed by atoms with Gasteiger partial charge in [-0.3, -0.25) is 4.79 Å². The van der Waals surface area contributed by atoms with E-state index in [2.05, 4.69) is 20.6 Å². The van der Waals surface area contributed by atoms with Crippen LogP contribution in [0.15, 0.2) is 36.7 Å². The zero-order chi connectivity index (χ0) is 16.8. The van der Waals surface area contributed by atoms with E-state index in [1.165, 1.54) is 6.33 Å². The van der Waals surface area contributed by atoms with Crippen molar-refractivity contribution in [3.8, 4) is 5.75 Å². The molecule has 0 saturated carbocycles. The zero-order valence-corrected chi connectivity index (χ0v) is 13.8. The topological polar surface area (TPSA) is 76.1 Å². The number of rotatable bonds is 6. The Bertz CT molecular complexity index is 654. The fraction of sp³-hybridized carbons (Fsp3) is 0.353. The van der Waals surface area contributed by atoms with Crippen molar-refractivity contribution >= 4 is 17.4 Å². The van der Waals surface area contributed by atoms with Crippen molar-refractivity contribution in [3.05, 3.63) is 42.4 Å². The minimum absolute atomic E-state index is 0.0578. The summed E-state index contributed by atoms with van der Waals surface area (Å²) in [5, 5.41) is 5.95. The summed E-state index contributed by atoms with van der Waals surface area (Å²) < 4.78 is 5.60. The Morgan fingerprint density at radius 2 is 1.78 bits per heavy atom. The highest BCUT2D eigenvalue weighted by molar-refractivity contribution is 5.93. The van der Waals surface area contributed by atoms with Crippen molar-refractivity contribution in [2.45, 2.75) is 39.8 Å². The molecule has 0 spiro atoms. The largest absolute Gasteiger partial charge is 0.491 e. The van der Waals surface area contributed by atoms with Gasteiger partial charge in [0.25, 0.3) is 5.91 Å². The van der Waals surface area contributed by atoms with Gasteiger partial charge in [0.05, 0.1) is 6.10 Å². The first-order chi connectivity index (χ1) is 10.9. The Morgan fingerprint density at radius 1 is 1.09 bits per heavy atom. The number of carbonyl (C=O) groups is 1. The first-order valence-electron chi connectivity index (χ1n) is 7.60. The third-order valence-corrected chi connectivity index (χ3v) is 2.82.